The topological polar surface area (TPSA) is 4.93 Å². The number of hydrogen-bond acceptors (Lipinski definition) is 0. The highest BCUT2D eigenvalue weighted by atomic mass is 15.0. The van der Waals surface area contributed by atoms with Gasteiger partial charge in [0.05, 0.1) is 6.20 Å². The van der Waals surface area contributed by atoms with Gasteiger partial charge in [0.25, 0.3) is 0 Å². The second-order valence-corrected chi connectivity index (χ2v) is 4.34. The predicted molar refractivity (Wildman–Crippen MR) is 55.8 cm³/mol. The molecule has 0 saturated carbocycles. The van der Waals surface area contributed by atoms with Crippen LogP contribution >= 0.6 is 0 Å². The van der Waals surface area contributed by atoms with Crippen LogP contribution in [0.3, 0.4) is 0 Å². The Labute approximate surface area is 79.0 Å². The Morgan fingerprint density at radius 3 is 2.54 bits per heavy atom. The fraction of sp³-hybridized carbons (Fsp3) is 0.333. The third kappa shape index (κ3) is 1.35. The lowest BCUT2D eigenvalue weighted by molar-refractivity contribution is 0.408. The largest absolute Gasteiger partial charge is 0.334 e. The zero-order valence-corrected chi connectivity index (χ0v) is 8.33. The van der Waals surface area contributed by atoms with E-state index in [2.05, 4.69) is 55.8 Å². The lowest BCUT2D eigenvalue weighted by Crippen LogP contribution is -2.20. The molecule has 2 rings (SSSR count). The molecule has 0 unspecified atom stereocenters. The van der Waals surface area contributed by atoms with Crippen LogP contribution in [0.5, 0.6) is 0 Å². The van der Waals surface area contributed by atoms with Crippen molar-refractivity contribution in [3.05, 3.63) is 36.5 Å². The van der Waals surface area contributed by atoms with Crippen LogP contribution in [0.25, 0.3) is 10.9 Å². The van der Waals surface area contributed by atoms with E-state index in [0.717, 1.165) is 0 Å². The first kappa shape index (κ1) is 8.36. The van der Waals surface area contributed by atoms with Gasteiger partial charge in [-0.2, -0.15) is 0 Å². The van der Waals surface area contributed by atoms with Crippen molar-refractivity contribution < 1.29 is 0 Å². The van der Waals surface area contributed by atoms with Crippen molar-refractivity contribution in [1.82, 2.24) is 4.57 Å². The van der Waals surface area contributed by atoms with Crippen LogP contribution in [-0.2, 0) is 5.54 Å². The summed E-state index contributed by atoms with van der Waals surface area (Å²) in [6, 6.07) is 10.4. The summed E-state index contributed by atoms with van der Waals surface area (Å²) in [4.78, 5) is 0. The minimum Gasteiger partial charge on any atom is -0.334 e. The van der Waals surface area contributed by atoms with E-state index in [1.54, 1.807) is 0 Å². The molecule has 1 aromatic heterocycles. The maximum atomic E-state index is 3.27. The summed E-state index contributed by atoms with van der Waals surface area (Å²) in [5, 5.41) is 1.26. The number of fused-ring (bicyclic) bond motifs is 1. The SMILES string of the molecule is CC(C)(C)n1[c]cc2ccccc21. The summed E-state index contributed by atoms with van der Waals surface area (Å²) in [5.41, 5.74) is 1.37. The molecule has 0 fully saturated rings. The van der Waals surface area contributed by atoms with Crippen LogP contribution in [0.2, 0.25) is 0 Å². The van der Waals surface area contributed by atoms with E-state index in [1.807, 2.05) is 6.07 Å². The number of aromatic nitrogens is 1. The summed E-state index contributed by atoms with van der Waals surface area (Å²) >= 11 is 0. The molecule has 1 heteroatoms. The quantitative estimate of drug-likeness (QED) is 0.575. The summed E-state index contributed by atoms with van der Waals surface area (Å²) in [7, 11) is 0. The Balaban J connectivity index is 2.72. The van der Waals surface area contributed by atoms with Crippen molar-refractivity contribution in [2.24, 2.45) is 0 Å². The van der Waals surface area contributed by atoms with Crippen molar-refractivity contribution in [1.29, 1.82) is 0 Å². The fourth-order valence-corrected chi connectivity index (χ4v) is 1.57. The van der Waals surface area contributed by atoms with Crippen molar-refractivity contribution in [2.75, 3.05) is 0 Å². The standard InChI is InChI=1S/C12H14N/c1-12(2,3)13-9-8-10-6-4-5-7-11(10)13/h4-8H,1-3H3. The van der Waals surface area contributed by atoms with Gasteiger partial charge in [-0.05, 0) is 32.9 Å². The average molecular weight is 172 g/mol. The zero-order chi connectivity index (χ0) is 9.47. The van der Waals surface area contributed by atoms with Crippen molar-refractivity contribution >= 4 is 10.9 Å². The van der Waals surface area contributed by atoms with Gasteiger partial charge in [-0.15, -0.1) is 0 Å². The van der Waals surface area contributed by atoms with E-state index in [-0.39, 0.29) is 5.54 Å². The van der Waals surface area contributed by atoms with Crippen molar-refractivity contribution in [3.63, 3.8) is 0 Å². The predicted octanol–water partition coefficient (Wildman–Crippen LogP) is 3.20. The smallest absolute Gasteiger partial charge is 0.0664 e. The minimum atomic E-state index is 0.114. The minimum absolute atomic E-state index is 0.114. The second kappa shape index (κ2) is 2.63. The Bertz CT molecular complexity index is 418. The molecule has 1 heterocycles. The first-order valence-electron chi connectivity index (χ1n) is 4.58. The Morgan fingerprint density at radius 1 is 1.15 bits per heavy atom. The van der Waals surface area contributed by atoms with Crippen molar-refractivity contribution in [2.45, 2.75) is 26.3 Å². The normalized spacial score (nSPS) is 12.2. The van der Waals surface area contributed by atoms with Crippen LogP contribution in [0, 0.1) is 6.20 Å². The molecule has 0 aliphatic carbocycles. The molecule has 0 spiro atoms. The molecule has 0 saturated heterocycles. The molecule has 0 aliphatic heterocycles. The molecule has 1 radical (unpaired) electrons. The van der Waals surface area contributed by atoms with Crippen LogP contribution in [0.4, 0.5) is 0 Å². The fourth-order valence-electron chi connectivity index (χ4n) is 1.57. The van der Waals surface area contributed by atoms with Gasteiger partial charge in [0, 0.05) is 16.4 Å². The first-order valence-corrected chi connectivity index (χ1v) is 4.58. The van der Waals surface area contributed by atoms with E-state index in [4.69, 9.17) is 0 Å². The van der Waals surface area contributed by atoms with Crippen LogP contribution < -0.4 is 0 Å². The summed E-state index contributed by atoms with van der Waals surface area (Å²) < 4.78 is 2.18. The number of nitrogens with zero attached hydrogens (tertiary/aromatic N) is 1. The van der Waals surface area contributed by atoms with Gasteiger partial charge >= 0.3 is 0 Å². The lowest BCUT2D eigenvalue weighted by atomic mass is 10.1. The molecule has 0 aliphatic rings. The summed E-state index contributed by atoms with van der Waals surface area (Å²) in [5.74, 6) is 0. The molecule has 2 aromatic rings. The maximum Gasteiger partial charge on any atom is 0.0664 e. The maximum absolute atomic E-state index is 3.27. The Hall–Kier alpha value is -1.24. The number of benzene rings is 1. The molecule has 1 nitrogen and oxygen atoms in total. The number of para-hydroxylation sites is 1. The molecular weight excluding hydrogens is 158 g/mol. The van der Waals surface area contributed by atoms with Gasteiger partial charge in [-0.3, -0.25) is 0 Å². The first-order chi connectivity index (χ1) is 6.09. The van der Waals surface area contributed by atoms with Gasteiger partial charge in [0.2, 0.25) is 0 Å². The molecule has 0 atom stereocenters. The highest BCUT2D eigenvalue weighted by Gasteiger charge is 2.14. The summed E-state index contributed by atoms with van der Waals surface area (Å²) in [6.07, 6.45) is 3.27. The highest BCUT2D eigenvalue weighted by Crippen LogP contribution is 2.22. The third-order valence-electron chi connectivity index (χ3n) is 2.20. The van der Waals surface area contributed by atoms with E-state index in [1.165, 1.54) is 10.9 Å². The molecule has 13 heavy (non-hydrogen) atoms. The van der Waals surface area contributed by atoms with E-state index >= 15 is 0 Å². The van der Waals surface area contributed by atoms with E-state index < -0.39 is 0 Å². The Morgan fingerprint density at radius 2 is 1.85 bits per heavy atom. The van der Waals surface area contributed by atoms with Gasteiger partial charge in [0.15, 0.2) is 0 Å². The second-order valence-electron chi connectivity index (χ2n) is 4.34. The molecule has 0 amide bonds. The third-order valence-corrected chi connectivity index (χ3v) is 2.20. The molecule has 0 bridgehead atoms. The van der Waals surface area contributed by atoms with Gasteiger partial charge in [-0.1, -0.05) is 18.2 Å². The van der Waals surface area contributed by atoms with Crippen LogP contribution in [-0.4, -0.2) is 4.57 Å². The van der Waals surface area contributed by atoms with E-state index in [9.17, 15) is 0 Å². The van der Waals surface area contributed by atoms with Crippen LogP contribution in [0.1, 0.15) is 20.8 Å². The molecule has 1 aromatic carbocycles. The summed E-state index contributed by atoms with van der Waals surface area (Å²) in [6.45, 7) is 6.57. The number of hydrogen-bond donors (Lipinski definition) is 0. The molecule has 0 N–H and O–H groups in total. The zero-order valence-electron chi connectivity index (χ0n) is 8.33. The Kier molecular flexibility index (Phi) is 1.69. The van der Waals surface area contributed by atoms with Gasteiger partial charge in [-0.25, -0.2) is 0 Å². The number of rotatable bonds is 0. The van der Waals surface area contributed by atoms with E-state index in [0.29, 0.717) is 0 Å². The molecule has 67 valence electrons. The highest BCUT2D eigenvalue weighted by molar-refractivity contribution is 5.79. The lowest BCUT2D eigenvalue weighted by Gasteiger charge is -2.22. The van der Waals surface area contributed by atoms with Gasteiger partial charge < -0.3 is 4.57 Å². The molecular formula is C12H14N. The monoisotopic (exact) mass is 172 g/mol. The van der Waals surface area contributed by atoms with Crippen molar-refractivity contribution in [3.8, 4) is 0 Å². The van der Waals surface area contributed by atoms with Crippen LogP contribution in [0.15, 0.2) is 30.3 Å². The average Bonchev–Trinajstić information content (AvgIpc) is 2.45. The van der Waals surface area contributed by atoms with Gasteiger partial charge in [0.1, 0.15) is 0 Å².